The molecule has 9 nitrogen and oxygen atoms in total. The molecule has 192 valence electrons. The number of cyclic esters (lactones) is 1. The zero-order valence-corrected chi connectivity index (χ0v) is 21.4. The molecule has 0 spiro atoms. The molecule has 0 saturated carbocycles. The van der Waals surface area contributed by atoms with Gasteiger partial charge in [0, 0.05) is 49.7 Å². The molecule has 0 aliphatic carbocycles. The zero-order chi connectivity index (χ0) is 25.5. The molecule has 0 bridgehead atoms. The van der Waals surface area contributed by atoms with Crippen LogP contribution in [-0.4, -0.2) is 65.3 Å². The molecule has 1 atom stereocenters. The van der Waals surface area contributed by atoms with E-state index in [1.165, 1.54) is 5.56 Å². The molecule has 4 aliphatic rings. The van der Waals surface area contributed by atoms with Gasteiger partial charge < -0.3 is 23.7 Å². The van der Waals surface area contributed by atoms with E-state index in [1.807, 2.05) is 32.0 Å². The summed E-state index contributed by atoms with van der Waals surface area (Å²) in [5, 5.41) is 1.03. The van der Waals surface area contributed by atoms with E-state index in [4.69, 9.17) is 19.2 Å². The molecule has 4 aliphatic heterocycles. The van der Waals surface area contributed by atoms with Crippen LogP contribution in [0.2, 0.25) is 0 Å². The standard InChI is InChI=1S/C28H30N4O5/c1-4-28(2)20-10-22-25-18(13-32(22)26(33)19(20)14-35-27(28)34)17(12-31-7-5-30(3)6-8-31)16-9-23-24(37-15-36-23)11-21(16)29-25/h9-11H,4-8,12-15H2,1-3H3. The third-order valence-corrected chi connectivity index (χ3v) is 8.73. The molecule has 3 aromatic rings. The highest BCUT2D eigenvalue weighted by molar-refractivity contribution is 5.91. The van der Waals surface area contributed by atoms with Crippen LogP contribution in [-0.2, 0) is 34.6 Å². The molecule has 7 rings (SSSR count). The summed E-state index contributed by atoms with van der Waals surface area (Å²) < 4.78 is 18.6. The Balaban J connectivity index is 1.44. The number of ether oxygens (including phenoxy) is 3. The Bertz CT molecular complexity index is 1540. The van der Waals surface area contributed by atoms with Crippen molar-refractivity contribution in [2.24, 2.45) is 0 Å². The lowest BCUT2D eigenvalue weighted by molar-refractivity contribution is -0.153. The summed E-state index contributed by atoms with van der Waals surface area (Å²) in [6, 6.07) is 5.99. The molecule has 1 unspecified atom stereocenters. The number of aromatic nitrogens is 2. The quantitative estimate of drug-likeness (QED) is 0.396. The van der Waals surface area contributed by atoms with Gasteiger partial charge in [0.15, 0.2) is 11.5 Å². The van der Waals surface area contributed by atoms with Gasteiger partial charge in [-0.2, -0.15) is 0 Å². The summed E-state index contributed by atoms with van der Waals surface area (Å²) in [5.74, 6) is 1.14. The van der Waals surface area contributed by atoms with Crippen molar-refractivity contribution < 1.29 is 19.0 Å². The topological polar surface area (TPSA) is 86.1 Å². The van der Waals surface area contributed by atoms with Gasteiger partial charge in [0.1, 0.15) is 6.61 Å². The third kappa shape index (κ3) is 3.26. The van der Waals surface area contributed by atoms with Gasteiger partial charge in [-0.15, -0.1) is 0 Å². The van der Waals surface area contributed by atoms with Gasteiger partial charge >= 0.3 is 5.97 Å². The van der Waals surface area contributed by atoms with Crippen LogP contribution in [0.15, 0.2) is 23.0 Å². The first-order valence-corrected chi connectivity index (χ1v) is 13.0. The molecule has 1 fully saturated rings. The first kappa shape index (κ1) is 22.7. The van der Waals surface area contributed by atoms with Crippen LogP contribution in [0.4, 0.5) is 0 Å². The Morgan fingerprint density at radius 1 is 1.00 bits per heavy atom. The number of pyridine rings is 2. The number of rotatable bonds is 3. The predicted octanol–water partition coefficient (Wildman–Crippen LogP) is 2.63. The van der Waals surface area contributed by atoms with Gasteiger partial charge in [0.05, 0.1) is 34.4 Å². The van der Waals surface area contributed by atoms with E-state index < -0.39 is 5.41 Å². The SMILES string of the molecule is CCC1(C)C(=O)OCc2c1cc1n(c2=O)Cc2c-1nc1cc3c(cc1c2CN1CCN(C)CC1)OCO3. The maximum absolute atomic E-state index is 13.8. The van der Waals surface area contributed by atoms with Crippen molar-refractivity contribution in [2.45, 2.75) is 45.4 Å². The van der Waals surface area contributed by atoms with E-state index in [0.29, 0.717) is 24.3 Å². The van der Waals surface area contributed by atoms with Gasteiger partial charge in [-0.05, 0) is 43.7 Å². The minimum atomic E-state index is -0.851. The van der Waals surface area contributed by atoms with Crippen LogP contribution in [0.5, 0.6) is 11.5 Å². The molecular formula is C28H30N4O5. The first-order chi connectivity index (χ1) is 17.9. The van der Waals surface area contributed by atoms with E-state index >= 15 is 0 Å². The second kappa shape index (κ2) is 8.03. The van der Waals surface area contributed by atoms with Crippen LogP contribution in [0, 0.1) is 0 Å². The van der Waals surface area contributed by atoms with Crippen LogP contribution in [0.1, 0.15) is 42.5 Å². The average Bonchev–Trinajstić information content (AvgIpc) is 3.51. The number of hydrogen-bond acceptors (Lipinski definition) is 8. The number of fused-ring (bicyclic) bond motifs is 6. The molecule has 0 radical (unpaired) electrons. The highest BCUT2D eigenvalue weighted by atomic mass is 16.7. The van der Waals surface area contributed by atoms with E-state index in [2.05, 4.69) is 16.8 Å². The van der Waals surface area contributed by atoms with Crippen LogP contribution >= 0.6 is 0 Å². The van der Waals surface area contributed by atoms with Crippen LogP contribution < -0.4 is 15.0 Å². The van der Waals surface area contributed by atoms with E-state index in [9.17, 15) is 9.59 Å². The normalized spacial score (nSPS) is 22.6. The van der Waals surface area contributed by atoms with Crippen molar-refractivity contribution in [3.05, 3.63) is 50.8 Å². The minimum absolute atomic E-state index is 0.0180. The van der Waals surface area contributed by atoms with Crippen molar-refractivity contribution in [1.82, 2.24) is 19.4 Å². The lowest BCUT2D eigenvalue weighted by Crippen LogP contribution is -2.44. The Morgan fingerprint density at radius 3 is 2.51 bits per heavy atom. The maximum atomic E-state index is 13.8. The molecule has 0 N–H and O–H groups in total. The number of carbonyl (C=O) groups excluding carboxylic acids is 1. The molecule has 9 heteroatoms. The summed E-state index contributed by atoms with van der Waals surface area (Å²) in [7, 11) is 2.15. The van der Waals surface area contributed by atoms with E-state index in [1.54, 1.807) is 4.57 Å². The predicted molar refractivity (Wildman–Crippen MR) is 137 cm³/mol. The number of piperazine rings is 1. The second-order valence-electron chi connectivity index (χ2n) is 10.8. The summed E-state index contributed by atoms with van der Waals surface area (Å²) in [6.45, 7) is 9.27. The van der Waals surface area contributed by atoms with Gasteiger partial charge in [-0.25, -0.2) is 4.98 Å². The second-order valence-corrected chi connectivity index (χ2v) is 10.8. The van der Waals surface area contributed by atoms with E-state index in [0.717, 1.165) is 71.9 Å². The Labute approximate surface area is 214 Å². The lowest BCUT2D eigenvalue weighted by Gasteiger charge is -2.33. The third-order valence-electron chi connectivity index (χ3n) is 8.73. The minimum Gasteiger partial charge on any atom is -0.460 e. The number of nitrogens with zero attached hydrogens (tertiary/aromatic N) is 4. The monoisotopic (exact) mass is 502 g/mol. The summed E-state index contributed by atoms with van der Waals surface area (Å²) in [5.41, 5.74) is 5.04. The molecular weight excluding hydrogens is 472 g/mol. The Morgan fingerprint density at radius 2 is 1.76 bits per heavy atom. The summed E-state index contributed by atoms with van der Waals surface area (Å²) in [6.07, 6.45) is 0.553. The summed E-state index contributed by atoms with van der Waals surface area (Å²) >= 11 is 0. The molecule has 2 aromatic heterocycles. The highest BCUT2D eigenvalue weighted by Crippen LogP contribution is 2.43. The largest absolute Gasteiger partial charge is 0.460 e. The van der Waals surface area contributed by atoms with Crippen molar-refractivity contribution in [1.29, 1.82) is 0 Å². The number of benzene rings is 1. The van der Waals surface area contributed by atoms with E-state index in [-0.39, 0.29) is 24.9 Å². The smallest absolute Gasteiger partial charge is 0.316 e. The van der Waals surface area contributed by atoms with Crippen molar-refractivity contribution in [2.75, 3.05) is 40.0 Å². The van der Waals surface area contributed by atoms with Gasteiger partial charge in [-0.1, -0.05) is 6.92 Å². The van der Waals surface area contributed by atoms with Gasteiger partial charge in [-0.3, -0.25) is 14.5 Å². The molecule has 6 heterocycles. The zero-order valence-electron chi connectivity index (χ0n) is 21.4. The fourth-order valence-electron chi connectivity index (χ4n) is 6.13. The van der Waals surface area contributed by atoms with Crippen molar-refractivity contribution in [3.8, 4) is 22.9 Å². The maximum Gasteiger partial charge on any atom is 0.316 e. The number of likely N-dealkylation sites (N-methyl/N-ethyl adjacent to an activating group) is 1. The average molecular weight is 503 g/mol. The van der Waals surface area contributed by atoms with Crippen molar-refractivity contribution >= 4 is 16.9 Å². The molecule has 0 amide bonds. The van der Waals surface area contributed by atoms with Crippen LogP contribution in [0.3, 0.4) is 0 Å². The summed E-state index contributed by atoms with van der Waals surface area (Å²) in [4.78, 5) is 36.4. The van der Waals surface area contributed by atoms with Gasteiger partial charge in [0.25, 0.3) is 5.56 Å². The fourth-order valence-corrected chi connectivity index (χ4v) is 6.13. The number of carbonyl (C=O) groups is 1. The fraction of sp³-hybridized carbons (Fsp3) is 0.464. The molecule has 37 heavy (non-hydrogen) atoms. The molecule has 1 saturated heterocycles. The van der Waals surface area contributed by atoms with Crippen molar-refractivity contribution in [3.63, 3.8) is 0 Å². The van der Waals surface area contributed by atoms with Crippen LogP contribution in [0.25, 0.3) is 22.3 Å². The lowest BCUT2D eigenvalue weighted by atomic mass is 9.76. The number of hydrogen-bond donors (Lipinski definition) is 0. The highest BCUT2D eigenvalue weighted by Gasteiger charge is 2.43. The molecule has 1 aromatic carbocycles. The first-order valence-electron chi connectivity index (χ1n) is 13.0. The Kier molecular flexibility index (Phi) is 4.94. The number of esters is 1. The Hall–Kier alpha value is -3.43. The van der Waals surface area contributed by atoms with Gasteiger partial charge in [0.2, 0.25) is 6.79 Å².